The Kier molecular flexibility index (Phi) is 5.55. The quantitative estimate of drug-likeness (QED) is 0.346. The van der Waals surface area contributed by atoms with Gasteiger partial charge in [0, 0.05) is 29.2 Å². The molecular weight excluding hydrogens is 426 g/mol. The second kappa shape index (κ2) is 7.83. The predicted molar refractivity (Wildman–Crippen MR) is 96.1 cm³/mol. The number of aliphatic carboxylic acids is 1. The number of rotatable bonds is 4. The molecule has 2 aromatic carbocycles. The number of alkyl halides is 6. The van der Waals surface area contributed by atoms with Crippen LogP contribution < -0.4 is 5.11 Å². The monoisotopic (exact) mass is 437 g/mol. The summed E-state index contributed by atoms with van der Waals surface area (Å²) in [7, 11) is 0. The van der Waals surface area contributed by atoms with E-state index in [9.17, 15) is 36.2 Å². The molecule has 0 amide bonds. The van der Waals surface area contributed by atoms with Gasteiger partial charge in [0.1, 0.15) is 6.07 Å². The van der Waals surface area contributed by atoms with Crippen molar-refractivity contribution in [2.45, 2.75) is 18.9 Å². The fourth-order valence-corrected chi connectivity index (χ4v) is 3.12. The number of carboxylic acids is 1. The van der Waals surface area contributed by atoms with Gasteiger partial charge in [-0.25, -0.2) is 0 Å². The normalized spacial score (nSPS) is 12.7. The number of nitriles is 1. The SMILES string of the molecule is N#C/C(=C\c1cn(Cc2cc(C(F)(F)F)cc(C(F)(F)F)c2)c2ccccc12)C(=O)[O-]. The zero-order valence-corrected chi connectivity index (χ0v) is 15.4. The van der Waals surface area contributed by atoms with E-state index in [1.807, 2.05) is 0 Å². The first-order valence-corrected chi connectivity index (χ1v) is 8.59. The molecule has 0 bridgehead atoms. The largest absolute Gasteiger partial charge is 0.544 e. The zero-order valence-electron chi connectivity index (χ0n) is 15.4. The second-order valence-electron chi connectivity index (χ2n) is 6.60. The molecule has 0 unspecified atom stereocenters. The van der Waals surface area contributed by atoms with Crippen LogP contribution in [0.15, 0.2) is 54.2 Å². The number of hydrogen-bond acceptors (Lipinski definition) is 3. The molecule has 10 heteroatoms. The molecule has 0 aliphatic heterocycles. The predicted octanol–water partition coefficient (Wildman–Crippen LogP) is 4.38. The highest BCUT2D eigenvalue weighted by atomic mass is 19.4. The minimum Gasteiger partial charge on any atom is -0.544 e. The van der Waals surface area contributed by atoms with Crippen molar-refractivity contribution in [1.29, 1.82) is 5.26 Å². The van der Waals surface area contributed by atoms with Crippen LogP contribution in [0.1, 0.15) is 22.3 Å². The summed E-state index contributed by atoms with van der Waals surface area (Å²) in [6, 6.07) is 9.12. The third-order valence-corrected chi connectivity index (χ3v) is 4.46. The number of carbonyl (C=O) groups excluding carboxylic acids is 1. The Morgan fingerprint density at radius 1 is 1.03 bits per heavy atom. The molecule has 1 aromatic heterocycles. The van der Waals surface area contributed by atoms with Gasteiger partial charge in [0.25, 0.3) is 0 Å². The number of aromatic nitrogens is 1. The Labute approximate surface area is 171 Å². The minimum absolute atomic E-state index is 0.0461. The molecule has 4 nitrogen and oxygen atoms in total. The molecule has 0 radical (unpaired) electrons. The Morgan fingerprint density at radius 3 is 2.13 bits per heavy atom. The second-order valence-corrected chi connectivity index (χ2v) is 6.60. The molecule has 0 aliphatic carbocycles. The topological polar surface area (TPSA) is 68.8 Å². The highest BCUT2D eigenvalue weighted by Crippen LogP contribution is 2.37. The summed E-state index contributed by atoms with van der Waals surface area (Å²) >= 11 is 0. The van der Waals surface area contributed by atoms with Crippen molar-refractivity contribution < 1.29 is 36.2 Å². The summed E-state index contributed by atoms with van der Waals surface area (Å²) in [5.74, 6) is -1.72. The molecule has 0 fully saturated rings. The molecule has 3 rings (SSSR count). The molecule has 160 valence electrons. The fourth-order valence-electron chi connectivity index (χ4n) is 3.12. The lowest BCUT2D eigenvalue weighted by atomic mass is 10.0. The van der Waals surface area contributed by atoms with E-state index in [-0.39, 0.29) is 23.7 Å². The first-order chi connectivity index (χ1) is 14.4. The van der Waals surface area contributed by atoms with Gasteiger partial charge in [0.2, 0.25) is 0 Å². The number of carboxylic acid groups (broad SMARTS) is 1. The van der Waals surface area contributed by atoms with Crippen molar-refractivity contribution in [1.82, 2.24) is 4.57 Å². The molecule has 0 spiro atoms. The summed E-state index contributed by atoms with van der Waals surface area (Å²) in [6.07, 6.45) is -7.57. The lowest BCUT2D eigenvalue weighted by molar-refractivity contribution is -0.298. The molecule has 0 saturated carbocycles. The molecule has 0 N–H and O–H groups in total. The van der Waals surface area contributed by atoms with Gasteiger partial charge in [-0.3, -0.25) is 0 Å². The van der Waals surface area contributed by atoms with Gasteiger partial charge in [0.15, 0.2) is 0 Å². The van der Waals surface area contributed by atoms with Crippen LogP contribution in [-0.2, 0) is 23.7 Å². The van der Waals surface area contributed by atoms with E-state index in [1.165, 1.54) is 16.8 Å². The van der Waals surface area contributed by atoms with Crippen LogP contribution in [0.2, 0.25) is 0 Å². The number of fused-ring (bicyclic) bond motifs is 1. The van der Waals surface area contributed by atoms with E-state index in [0.717, 1.165) is 6.08 Å². The first kappa shape index (κ1) is 22.0. The van der Waals surface area contributed by atoms with Gasteiger partial charge in [-0.05, 0) is 35.9 Å². The van der Waals surface area contributed by atoms with E-state index in [2.05, 4.69) is 0 Å². The van der Waals surface area contributed by atoms with Crippen molar-refractivity contribution in [2.75, 3.05) is 0 Å². The maximum absolute atomic E-state index is 13.1. The molecule has 31 heavy (non-hydrogen) atoms. The molecular formula is C21H11F6N2O2-. The van der Waals surface area contributed by atoms with Crippen molar-refractivity contribution >= 4 is 22.9 Å². The van der Waals surface area contributed by atoms with Gasteiger partial charge in [-0.1, -0.05) is 18.2 Å². The summed E-state index contributed by atoms with van der Waals surface area (Å²) in [5, 5.41) is 20.4. The summed E-state index contributed by atoms with van der Waals surface area (Å²) in [5.41, 5.74) is -3.12. The van der Waals surface area contributed by atoms with Crippen LogP contribution in [0.4, 0.5) is 26.3 Å². The van der Waals surface area contributed by atoms with Crippen molar-refractivity contribution in [3.05, 3.63) is 76.5 Å². The minimum atomic E-state index is -4.97. The van der Waals surface area contributed by atoms with Gasteiger partial charge in [0.05, 0.1) is 22.7 Å². The Balaban J connectivity index is 2.15. The summed E-state index contributed by atoms with van der Waals surface area (Å²) in [4.78, 5) is 11.0. The number of halogens is 6. The van der Waals surface area contributed by atoms with Crippen LogP contribution in [0, 0.1) is 11.3 Å². The van der Waals surface area contributed by atoms with Gasteiger partial charge >= 0.3 is 12.4 Å². The van der Waals surface area contributed by atoms with Crippen LogP contribution in [-0.4, -0.2) is 10.5 Å². The van der Waals surface area contributed by atoms with E-state index in [1.54, 1.807) is 24.3 Å². The van der Waals surface area contributed by atoms with Crippen LogP contribution in [0.3, 0.4) is 0 Å². The zero-order chi connectivity index (χ0) is 23.0. The highest BCUT2D eigenvalue weighted by molar-refractivity contribution is 5.99. The van der Waals surface area contributed by atoms with Gasteiger partial charge in [-0.2, -0.15) is 31.6 Å². The van der Waals surface area contributed by atoms with E-state index in [4.69, 9.17) is 5.26 Å². The molecule has 0 saturated heterocycles. The first-order valence-electron chi connectivity index (χ1n) is 8.59. The van der Waals surface area contributed by atoms with Crippen molar-refractivity contribution in [3.8, 4) is 6.07 Å². The number of nitrogens with zero attached hydrogens (tertiary/aromatic N) is 2. The lowest BCUT2D eigenvalue weighted by Gasteiger charge is -2.15. The van der Waals surface area contributed by atoms with Crippen LogP contribution in [0.5, 0.6) is 0 Å². The van der Waals surface area contributed by atoms with E-state index in [0.29, 0.717) is 23.0 Å². The highest BCUT2D eigenvalue weighted by Gasteiger charge is 2.36. The fraction of sp³-hybridized carbons (Fsp3) is 0.143. The lowest BCUT2D eigenvalue weighted by Crippen LogP contribution is -2.23. The maximum atomic E-state index is 13.1. The summed E-state index contributed by atoms with van der Waals surface area (Å²) in [6.45, 7) is -0.353. The van der Waals surface area contributed by atoms with Crippen LogP contribution in [0.25, 0.3) is 17.0 Å². The number of carbonyl (C=O) groups is 1. The number of benzene rings is 2. The number of hydrogen-bond donors (Lipinski definition) is 0. The summed E-state index contributed by atoms with van der Waals surface area (Å²) < 4.78 is 80.1. The molecule has 0 aliphatic rings. The number of para-hydroxylation sites is 1. The molecule has 0 atom stereocenters. The smallest absolute Gasteiger partial charge is 0.416 e. The standard InChI is InChI=1S/C21H12F6N2O2/c22-20(23,24)15-5-12(6-16(8-15)21(25,26)27)10-29-11-14(7-13(9-28)19(30)31)17-3-1-2-4-18(17)29/h1-8,11H,10H2,(H,30,31)/p-1/b13-7+. The average molecular weight is 437 g/mol. The maximum Gasteiger partial charge on any atom is 0.416 e. The molecule has 3 aromatic rings. The van der Waals surface area contributed by atoms with E-state index < -0.39 is 35.0 Å². The van der Waals surface area contributed by atoms with Crippen molar-refractivity contribution in [2.24, 2.45) is 0 Å². The van der Waals surface area contributed by atoms with Gasteiger partial charge in [-0.15, -0.1) is 0 Å². The van der Waals surface area contributed by atoms with Crippen LogP contribution >= 0.6 is 0 Å². The van der Waals surface area contributed by atoms with Crippen molar-refractivity contribution in [3.63, 3.8) is 0 Å². The third-order valence-electron chi connectivity index (χ3n) is 4.46. The van der Waals surface area contributed by atoms with E-state index >= 15 is 0 Å². The van der Waals surface area contributed by atoms with Gasteiger partial charge < -0.3 is 14.5 Å². The Hall–Kier alpha value is -3.74. The Morgan fingerprint density at radius 2 is 1.61 bits per heavy atom. The molecule has 1 heterocycles. The Bertz CT molecular complexity index is 1200. The third kappa shape index (κ3) is 4.71. The average Bonchev–Trinajstić information content (AvgIpc) is 3.01.